The summed E-state index contributed by atoms with van der Waals surface area (Å²) >= 11 is 5.46. The second-order valence-corrected chi connectivity index (χ2v) is 13.0. The molecule has 3 aliphatic heterocycles. The second kappa shape index (κ2) is 10.4. The van der Waals surface area contributed by atoms with Crippen LogP contribution >= 0.6 is 27.7 Å². The van der Waals surface area contributed by atoms with Crippen molar-refractivity contribution < 1.29 is 19.5 Å². The Labute approximate surface area is 219 Å². The maximum atomic E-state index is 13.8. The molecule has 7 nitrogen and oxygen atoms in total. The van der Waals surface area contributed by atoms with E-state index in [0.29, 0.717) is 25.9 Å². The number of hydrogen-bond acceptors (Lipinski definition) is 5. The van der Waals surface area contributed by atoms with E-state index in [1.807, 2.05) is 30.3 Å². The summed E-state index contributed by atoms with van der Waals surface area (Å²) in [5.74, 6) is -1.34. The summed E-state index contributed by atoms with van der Waals surface area (Å²) in [6.07, 6.45) is 6.46. The van der Waals surface area contributed by atoms with Gasteiger partial charge in [0.2, 0.25) is 17.7 Å². The standard InChI is InChI=1S/C26H34BrN3O4S/c27-18-14-26-20(19(21(18)35-26)23(32)28-15-16-8-3-1-4-9-16)25(34)30(12-7-13-31)22(26)24(33)29-17-10-5-2-6-11-17/h1,3-4,8-9,17-22,31H,2,5-7,10-15H2,(H,28,32)(H,29,33)/t18?,19-,20-,21-,22?,26?/m0/s1. The van der Waals surface area contributed by atoms with E-state index in [1.54, 1.807) is 16.7 Å². The number of nitrogens with one attached hydrogen (secondary N) is 2. The van der Waals surface area contributed by atoms with Crippen molar-refractivity contribution in [3.05, 3.63) is 35.9 Å². The van der Waals surface area contributed by atoms with Gasteiger partial charge in [-0.1, -0.05) is 65.5 Å². The van der Waals surface area contributed by atoms with Crippen molar-refractivity contribution in [1.82, 2.24) is 15.5 Å². The molecule has 3 N–H and O–H groups in total. The van der Waals surface area contributed by atoms with Crippen molar-refractivity contribution >= 4 is 45.4 Å². The zero-order valence-corrected chi connectivity index (χ0v) is 22.2. The fourth-order valence-corrected chi connectivity index (χ4v) is 10.3. The van der Waals surface area contributed by atoms with E-state index >= 15 is 0 Å². The Morgan fingerprint density at radius 1 is 1.14 bits per heavy atom. The normalized spacial score (nSPS) is 34.2. The highest BCUT2D eigenvalue weighted by molar-refractivity contribution is 9.09. The number of fused-ring (bicyclic) bond motifs is 1. The van der Waals surface area contributed by atoms with Crippen LogP contribution in [0.15, 0.2) is 30.3 Å². The van der Waals surface area contributed by atoms with Crippen molar-refractivity contribution in [2.75, 3.05) is 13.2 Å². The van der Waals surface area contributed by atoms with Crippen LogP contribution in [0, 0.1) is 11.8 Å². The van der Waals surface area contributed by atoms with Crippen molar-refractivity contribution in [3.8, 4) is 0 Å². The lowest BCUT2D eigenvalue weighted by atomic mass is 9.70. The third-order valence-electron chi connectivity index (χ3n) is 8.16. The number of hydrogen-bond donors (Lipinski definition) is 3. The van der Waals surface area contributed by atoms with Gasteiger partial charge in [-0.05, 0) is 31.2 Å². The first kappa shape index (κ1) is 25.1. The summed E-state index contributed by atoms with van der Waals surface area (Å²) in [4.78, 5) is 42.8. The number of rotatable bonds is 8. The summed E-state index contributed by atoms with van der Waals surface area (Å²) in [7, 11) is 0. The van der Waals surface area contributed by atoms with Crippen molar-refractivity contribution in [1.29, 1.82) is 0 Å². The molecule has 4 aliphatic rings. The second-order valence-electron chi connectivity index (χ2n) is 10.3. The van der Waals surface area contributed by atoms with E-state index < -0.39 is 22.6 Å². The molecule has 1 aromatic rings. The van der Waals surface area contributed by atoms with Gasteiger partial charge in [-0.25, -0.2) is 0 Å². The summed E-state index contributed by atoms with van der Waals surface area (Å²) in [6.45, 7) is 0.692. The minimum atomic E-state index is -0.626. The number of benzene rings is 1. The molecule has 3 saturated heterocycles. The molecule has 3 amide bonds. The molecule has 3 heterocycles. The Morgan fingerprint density at radius 3 is 2.60 bits per heavy atom. The lowest BCUT2D eigenvalue weighted by Gasteiger charge is -2.36. The number of aliphatic hydroxyl groups excluding tert-OH is 1. The quantitative estimate of drug-likeness (QED) is 0.422. The molecule has 1 saturated carbocycles. The Kier molecular flexibility index (Phi) is 7.47. The maximum absolute atomic E-state index is 13.8. The Morgan fingerprint density at radius 2 is 1.89 bits per heavy atom. The monoisotopic (exact) mass is 563 g/mol. The summed E-state index contributed by atoms with van der Waals surface area (Å²) in [5.41, 5.74) is 1.01. The number of aliphatic hydroxyl groups is 1. The van der Waals surface area contributed by atoms with Crippen LogP contribution < -0.4 is 10.6 Å². The average Bonchev–Trinajstić information content (AvgIpc) is 3.45. The van der Waals surface area contributed by atoms with Gasteiger partial charge in [0, 0.05) is 35.8 Å². The van der Waals surface area contributed by atoms with Crippen molar-refractivity contribution in [3.63, 3.8) is 0 Å². The summed E-state index contributed by atoms with van der Waals surface area (Å²) < 4.78 is -0.626. The maximum Gasteiger partial charge on any atom is 0.244 e. The highest BCUT2D eigenvalue weighted by Crippen LogP contribution is 2.67. The van der Waals surface area contributed by atoms with Crippen LogP contribution in [0.5, 0.6) is 0 Å². The van der Waals surface area contributed by atoms with Crippen molar-refractivity contribution in [2.24, 2.45) is 11.8 Å². The van der Waals surface area contributed by atoms with E-state index in [4.69, 9.17) is 0 Å². The lowest BCUT2D eigenvalue weighted by Crippen LogP contribution is -2.56. The first-order chi connectivity index (χ1) is 17.0. The highest BCUT2D eigenvalue weighted by atomic mass is 79.9. The molecule has 1 aliphatic carbocycles. The van der Waals surface area contributed by atoms with Crippen LogP contribution in [-0.4, -0.2) is 67.8 Å². The lowest BCUT2D eigenvalue weighted by molar-refractivity contribution is -0.140. The molecule has 4 fully saturated rings. The number of alkyl halides is 1. The molecule has 0 aromatic heterocycles. The number of likely N-dealkylation sites (tertiary alicyclic amines) is 1. The van der Waals surface area contributed by atoms with Crippen LogP contribution in [0.25, 0.3) is 0 Å². The minimum Gasteiger partial charge on any atom is -0.396 e. The third-order valence-corrected chi connectivity index (χ3v) is 11.4. The smallest absolute Gasteiger partial charge is 0.244 e. The highest BCUT2D eigenvalue weighted by Gasteiger charge is 2.75. The molecule has 190 valence electrons. The first-order valence-corrected chi connectivity index (χ1v) is 14.6. The van der Waals surface area contributed by atoms with Crippen LogP contribution in [-0.2, 0) is 20.9 Å². The molecule has 2 bridgehead atoms. The van der Waals surface area contributed by atoms with Crippen molar-refractivity contribution in [2.45, 2.75) is 78.4 Å². The van der Waals surface area contributed by atoms with Gasteiger partial charge < -0.3 is 20.6 Å². The Balaban J connectivity index is 1.40. The zero-order valence-electron chi connectivity index (χ0n) is 19.8. The molecule has 1 spiro atoms. The van der Waals surface area contributed by atoms with E-state index in [2.05, 4.69) is 26.6 Å². The summed E-state index contributed by atoms with van der Waals surface area (Å²) in [6, 6.07) is 9.28. The van der Waals surface area contributed by atoms with Gasteiger partial charge in [-0.15, -0.1) is 11.8 Å². The van der Waals surface area contributed by atoms with E-state index in [0.717, 1.165) is 31.2 Å². The van der Waals surface area contributed by atoms with E-state index in [-0.39, 0.29) is 40.4 Å². The molecule has 9 heteroatoms. The SMILES string of the molecule is O=C(NC1CCCCC1)C1N(CCCO)C(=O)[C@@H]2[C@H](C(=O)NCc3ccccc3)[C@H]3SC12CC3Br. The molecule has 5 rings (SSSR count). The summed E-state index contributed by atoms with van der Waals surface area (Å²) in [5, 5.41) is 15.7. The number of carbonyl (C=O) groups is 3. The minimum absolute atomic E-state index is 0.0454. The molecule has 0 radical (unpaired) electrons. The predicted molar refractivity (Wildman–Crippen MR) is 139 cm³/mol. The fraction of sp³-hybridized carbons (Fsp3) is 0.654. The van der Waals surface area contributed by atoms with Gasteiger partial charge >= 0.3 is 0 Å². The number of amides is 3. The van der Waals surface area contributed by atoms with Crippen LogP contribution in [0.1, 0.15) is 50.5 Å². The number of thioether (sulfide) groups is 1. The van der Waals surface area contributed by atoms with Gasteiger partial charge in [0.1, 0.15) is 6.04 Å². The molecule has 35 heavy (non-hydrogen) atoms. The zero-order chi connectivity index (χ0) is 24.6. The van der Waals surface area contributed by atoms with Crippen LogP contribution in [0.3, 0.4) is 0 Å². The average molecular weight is 565 g/mol. The van der Waals surface area contributed by atoms with E-state index in [9.17, 15) is 19.5 Å². The molecule has 1 aromatic carbocycles. The predicted octanol–water partition coefficient (Wildman–Crippen LogP) is 2.60. The Hall–Kier alpha value is -1.58. The van der Waals surface area contributed by atoms with Gasteiger partial charge in [0.15, 0.2) is 0 Å². The Bertz CT molecular complexity index is 959. The van der Waals surface area contributed by atoms with Gasteiger partial charge in [-0.3, -0.25) is 14.4 Å². The molecular formula is C26H34BrN3O4S. The van der Waals surface area contributed by atoms with Gasteiger partial charge in [0.25, 0.3) is 0 Å². The number of halogens is 1. The molecule has 3 unspecified atom stereocenters. The van der Waals surface area contributed by atoms with Gasteiger partial charge in [0.05, 0.1) is 16.6 Å². The fourth-order valence-electron chi connectivity index (χ4n) is 6.64. The number of carbonyl (C=O) groups excluding carboxylic acids is 3. The van der Waals surface area contributed by atoms with E-state index in [1.165, 1.54) is 6.42 Å². The molecular weight excluding hydrogens is 530 g/mol. The largest absolute Gasteiger partial charge is 0.396 e. The topological polar surface area (TPSA) is 98.7 Å². The van der Waals surface area contributed by atoms with Crippen LogP contribution in [0.2, 0.25) is 0 Å². The number of nitrogens with zero attached hydrogens (tertiary/aromatic N) is 1. The third kappa shape index (κ3) is 4.53. The first-order valence-electron chi connectivity index (χ1n) is 12.8. The van der Waals surface area contributed by atoms with Gasteiger partial charge in [-0.2, -0.15) is 0 Å². The molecule has 6 atom stereocenters. The van der Waals surface area contributed by atoms with Crippen LogP contribution in [0.4, 0.5) is 0 Å².